The minimum absolute atomic E-state index is 0.586. The van der Waals surface area contributed by atoms with Crippen LogP contribution in [0.5, 0.6) is 0 Å². The van der Waals surface area contributed by atoms with Crippen molar-refractivity contribution in [2.45, 2.75) is 13.5 Å². The molecule has 0 amide bonds. The van der Waals surface area contributed by atoms with Gasteiger partial charge in [-0.15, -0.1) is 5.10 Å². The lowest BCUT2D eigenvalue weighted by molar-refractivity contribution is 0.387. The van der Waals surface area contributed by atoms with Crippen LogP contribution in [0.25, 0.3) is 11.2 Å². The Bertz CT molecular complexity index is 823. The molecule has 118 valence electrons. The molecule has 3 heterocycles. The van der Waals surface area contributed by atoms with E-state index in [-0.39, 0.29) is 0 Å². The van der Waals surface area contributed by atoms with E-state index in [1.165, 1.54) is 0 Å². The van der Waals surface area contributed by atoms with E-state index in [9.17, 15) is 0 Å². The number of hydrogen-bond acceptors (Lipinski definition) is 6. The van der Waals surface area contributed by atoms with Gasteiger partial charge in [0.15, 0.2) is 5.65 Å². The number of hydrogen-bond donors (Lipinski definition) is 2. The van der Waals surface area contributed by atoms with Crippen LogP contribution in [0, 0.1) is 0 Å². The summed E-state index contributed by atoms with van der Waals surface area (Å²) in [4.78, 5) is 8.57. The minimum Gasteiger partial charge on any atom is -0.356 e. The van der Waals surface area contributed by atoms with Gasteiger partial charge >= 0.3 is 0 Å². The van der Waals surface area contributed by atoms with Crippen LogP contribution in [0.15, 0.2) is 49.1 Å². The van der Waals surface area contributed by atoms with Gasteiger partial charge in [0.2, 0.25) is 5.95 Å². The van der Waals surface area contributed by atoms with Gasteiger partial charge in [-0.3, -0.25) is 4.98 Å². The summed E-state index contributed by atoms with van der Waals surface area (Å²) < 4.78 is 1.75. The number of allylic oxidation sites excluding steroid dienone is 1. The van der Waals surface area contributed by atoms with Gasteiger partial charge in [-0.1, -0.05) is 6.07 Å². The quantitative estimate of drug-likeness (QED) is 0.553. The van der Waals surface area contributed by atoms with Crippen LogP contribution in [-0.4, -0.2) is 31.6 Å². The molecule has 0 unspecified atom stereocenters. The lowest BCUT2D eigenvalue weighted by Crippen LogP contribution is -2.24. The van der Waals surface area contributed by atoms with Gasteiger partial charge in [0.25, 0.3) is 0 Å². The summed E-state index contributed by atoms with van der Waals surface area (Å²) in [5, 5.41) is 8.93. The molecule has 3 aromatic heterocycles. The molecule has 0 radical (unpaired) electrons. The summed E-state index contributed by atoms with van der Waals surface area (Å²) in [6.45, 7) is 2.59. The molecule has 0 aromatic carbocycles. The minimum atomic E-state index is 0.586. The van der Waals surface area contributed by atoms with Crippen molar-refractivity contribution in [3.63, 3.8) is 0 Å². The molecule has 0 aliphatic carbocycles. The first kappa shape index (κ1) is 15.0. The third kappa shape index (κ3) is 3.29. The number of hydrazine groups is 1. The van der Waals surface area contributed by atoms with Crippen LogP contribution >= 0.6 is 0 Å². The largest absolute Gasteiger partial charge is 0.356 e. The van der Waals surface area contributed by atoms with Crippen LogP contribution < -0.4 is 11.2 Å². The lowest BCUT2D eigenvalue weighted by atomic mass is 10.1. The SMILES string of the molecule is CNc1nc2c(/C(C)=C/N(N)Cc3cccnc3)cccn2n1. The van der Waals surface area contributed by atoms with Crippen molar-refractivity contribution in [3.05, 3.63) is 60.2 Å². The maximum absolute atomic E-state index is 6.09. The molecule has 7 heteroatoms. The van der Waals surface area contributed by atoms with Crippen LogP contribution in [0.2, 0.25) is 0 Å². The molecule has 7 nitrogen and oxygen atoms in total. The monoisotopic (exact) mass is 309 g/mol. The molecule has 0 aliphatic heterocycles. The van der Waals surface area contributed by atoms with Crippen molar-refractivity contribution in [2.75, 3.05) is 12.4 Å². The van der Waals surface area contributed by atoms with Crippen molar-refractivity contribution >= 4 is 17.2 Å². The maximum atomic E-state index is 6.09. The second-order valence-electron chi connectivity index (χ2n) is 5.22. The van der Waals surface area contributed by atoms with E-state index >= 15 is 0 Å². The smallest absolute Gasteiger partial charge is 0.242 e. The van der Waals surface area contributed by atoms with Gasteiger partial charge in [0, 0.05) is 37.4 Å². The molecule has 0 fully saturated rings. The number of nitrogens with one attached hydrogen (secondary N) is 1. The van der Waals surface area contributed by atoms with Gasteiger partial charge in [-0.2, -0.15) is 4.98 Å². The molecule has 0 spiro atoms. The zero-order valence-electron chi connectivity index (χ0n) is 13.1. The number of anilines is 1. The second kappa shape index (κ2) is 6.45. The maximum Gasteiger partial charge on any atom is 0.242 e. The second-order valence-corrected chi connectivity index (χ2v) is 5.22. The van der Waals surface area contributed by atoms with Crippen LogP contribution in [0.3, 0.4) is 0 Å². The summed E-state index contributed by atoms with van der Waals surface area (Å²) in [6, 6.07) is 7.84. The molecule has 0 bridgehead atoms. The molecule has 23 heavy (non-hydrogen) atoms. The summed E-state index contributed by atoms with van der Waals surface area (Å²) in [5.41, 5.74) is 3.85. The highest BCUT2D eigenvalue weighted by molar-refractivity contribution is 5.74. The van der Waals surface area contributed by atoms with E-state index in [0.717, 1.165) is 22.3 Å². The van der Waals surface area contributed by atoms with E-state index in [0.29, 0.717) is 12.5 Å². The number of nitrogens with two attached hydrogens (primary N) is 1. The lowest BCUT2D eigenvalue weighted by Gasteiger charge is -2.15. The molecular weight excluding hydrogens is 290 g/mol. The third-order valence-corrected chi connectivity index (χ3v) is 3.46. The number of rotatable bonds is 5. The Hall–Kier alpha value is -2.93. The average molecular weight is 309 g/mol. The van der Waals surface area contributed by atoms with Crippen molar-refractivity contribution in [1.29, 1.82) is 0 Å². The summed E-state index contributed by atoms with van der Waals surface area (Å²) in [6.07, 6.45) is 7.32. The van der Waals surface area contributed by atoms with E-state index in [1.54, 1.807) is 22.8 Å². The summed E-state index contributed by atoms with van der Waals surface area (Å²) in [5.74, 6) is 6.68. The highest BCUT2D eigenvalue weighted by atomic mass is 15.4. The highest BCUT2D eigenvalue weighted by Crippen LogP contribution is 2.20. The van der Waals surface area contributed by atoms with Crippen molar-refractivity contribution in [1.82, 2.24) is 24.6 Å². The Labute approximate surface area is 134 Å². The first-order valence-corrected chi connectivity index (χ1v) is 7.29. The average Bonchev–Trinajstić information content (AvgIpc) is 2.98. The predicted molar refractivity (Wildman–Crippen MR) is 90.2 cm³/mol. The Morgan fingerprint density at radius 1 is 1.39 bits per heavy atom. The number of aromatic nitrogens is 4. The zero-order valence-corrected chi connectivity index (χ0v) is 13.1. The first-order valence-electron chi connectivity index (χ1n) is 7.29. The Balaban J connectivity index is 1.87. The van der Waals surface area contributed by atoms with E-state index in [4.69, 9.17) is 5.84 Å². The van der Waals surface area contributed by atoms with Crippen LogP contribution in [-0.2, 0) is 6.54 Å². The fraction of sp³-hybridized carbons (Fsp3) is 0.188. The van der Waals surface area contributed by atoms with Crippen molar-refractivity contribution < 1.29 is 0 Å². The Morgan fingerprint density at radius 2 is 2.26 bits per heavy atom. The zero-order chi connectivity index (χ0) is 16.2. The van der Waals surface area contributed by atoms with Crippen molar-refractivity contribution in [3.8, 4) is 0 Å². The van der Waals surface area contributed by atoms with Crippen molar-refractivity contribution in [2.24, 2.45) is 5.84 Å². The van der Waals surface area contributed by atoms with Gasteiger partial charge in [0.05, 0.1) is 6.54 Å². The number of fused-ring (bicyclic) bond motifs is 1. The van der Waals surface area contributed by atoms with Gasteiger partial charge in [0.1, 0.15) is 0 Å². The molecule has 3 rings (SSSR count). The number of nitrogens with zero attached hydrogens (tertiary/aromatic N) is 5. The molecular formula is C16H19N7. The molecule has 0 saturated carbocycles. The predicted octanol–water partition coefficient (Wildman–Crippen LogP) is 1.90. The van der Waals surface area contributed by atoms with Gasteiger partial charge < -0.3 is 10.3 Å². The summed E-state index contributed by atoms with van der Waals surface area (Å²) >= 11 is 0. The fourth-order valence-electron chi connectivity index (χ4n) is 2.39. The standard InChI is InChI=1S/C16H19N7/c1-12(10-22(17)11-13-5-3-7-19-9-13)14-6-4-8-23-15(14)20-16(18-2)21-23/h3-10H,11,17H2,1-2H3,(H,18,21)/b12-10+. The highest BCUT2D eigenvalue weighted by Gasteiger charge is 2.09. The van der Waals surface area contributed by atoms with Crippen LogP contribution in [0.4, 0.5) is 5.95 Å². The summed E-state index contributed by atoms with van der Waals surface area (Å²) in [7, 11) is 1.80. The van der Waals surface area contributed by atoms with E-state index in [1.807, 2.05) is 49.8 Å². The molecule has 0 aliphatic rings. The molecule has 0 atom stereocenters. The molecule has 3 aromatic rings. The first-order chi connectivity index (χ1) is 11.2. The Morgan fingerprint density at radius 3 is 3.00 bits per heavy atom. The number of pyridine rings is 2. The van der Waals surface area contributed by atoms with E-state index < -0.39 is 0 Å². The topological polar surface area (TPSA) is 84.4 Å². The fourth-order valence-corrected chi connectivity index (χ4v) is 2.39. The molecule has 3 N–H and O–H groups in total. The Kier molecular flexibility index (Phi) is 4.20. The van der Waals surface area contributed by atoms with Gasteiger partial charge in [-0.25, -0.2) is 10.4 Å². The molecule has 0 saturated heterocycles. The normalized spacial score (nSPS) is 11.7. The van der Waals surface area contributed by atoms with Crippen LogP contribution in [0.1, 0.15) is 18.1 Å². The van der Waals surface area contributed by atoms with Gasteiger partial charge in [-0.05, 0) is 36.3 Å². The third-order valence-electron chi connectivity index (χ3n) is 3.46. The van der Waals surface area contributed by atoms with E-state index in [2.05, 4.69) is 20.4 Å².